The first kappa shape index (κ1) is 23.7. The smallest absolute Gasteiger partial charge is 0.168 e. The summed E-state index contributed by atoms with van der Waals surface area (Å²) in [4.78, 5) is 0. The third-order valence-corrected chi connectivity index (χ3v) is 5.35. The number of allylic oxidation sites excluding steroid dienone is 2. The third kappa shape index (κ3) is 12.1. The molecular weight excluding hydrogens is 324 g/mol. The van der Waals surface area contributed by atoms with Crippen molar-refractivity contribution in [3.8, 4) is 0 Å². The zero-order valence-corrected chi connectivity index (χ0v) is 17.4. The fraction of sp³-hybridized carbons (Fsp3) is 0.913. The summed E-state index contributed by atoms with van der Waals surface area (Å²) in [5.74, 6) is -0.387. The van der Waals surface area contributed by atoms with Gasteiger partial charge in [-0.3, -0.25) is 0 Å². The molecule has 0 amide bonds. The van der Waals surface area contributed by atoms with Gasteiger partial charge in [0.25, 0.3) is 0 Å². The zero-order valence-electron chi connectivity index (χ0n) is 17.4. The first-order valence-electron chi connectivity index (χ1n) is 11.4. The predicted molar refractivity (Wildman–Crippen MR) is 110 cm³/mol. The Morgan fingerprint density at radius 3 is 1.77 bits per heavy atom. The van der Waals surface area contributed by atoms with Crippen LogP contribution in [-0.2, 0) is 9.47 Å². The number of rotatable bonds is 18. The molecule has 1 aliphatic heterocycles. The largest absolute Gasteiger partial charge is 0.396 e. The van der Waals surface area contributed by atoms with E-state index in [1.54, 1.807) is 0 Å². The lowest BCUT2D eigenvalue weighted by Crippen LogP contribution is -2.30. The summed E-state index contributed by atoms with van der Waals surface area (Å²) < 4.78 is 11.6. The summed E-state index contributed by atoms with van der Waals surface area (Å²) in [5.41, 5.74) is 0. The molecule has 0 saturated carbocycles. The van der Waals surface area contributed by atoms with E-state index in [9.17, 15) is 0 Å². The van der Waals surface area contributed by atoms with E-state index < -0.39 is 0 Å². The number of hydrogen-bond acceptors (Lipinski definition) is 3. The Hall–Kier alpha value is -0.380. The van der Waals surface area contributed by atoms with Gasteiger partial charge in [0.15, 0.2) is 5.79 Å². The Labute approximate surface area is 162 Å². The van der Waals surface area contributed by atoms with Crippen molar-refractivity contribution in [2.24, 2.45) is 0 Å². The van der Waals surface area contributed by atoms with E-state index in [0.717, 1.165) is 19.3 Å². The van der Waals surface area contributed by atoms with Gasteiger partial charge < -0.3 is 14.6 Å². The molecule has 1 N–H and O–H groups in total. The third-order valence-electron chi connectivity index (χ3n) is 5.35. The van der Waals surface area contributed by atoms with Crippen molar-refractivity contribution >= 4 is 0 Å². The van der Waals surface area contributed by atoms with Gasteiger partial charge in [0.2, 0.25) is 0 Å². The van der Waals surface area contributed by atoms with Gasteiger partial charge in [0.05, 0.1) is 13.2 Å². The average Bonchev–Trinajstić information content (AvgIpc) is 3.12. The van der Waals surface area contributed by atoms with Crippen LogP contribution in [-0.4, -0.2) is 30.7 Å². The summed E-state index contributed by atoms with van der Waals surface area (Å²) in [6.45, 7) is 3.91. The lowest BCUT2D eigenvalue weighted by Gasteiger charge is -2.27. The fourth-order valence-corrected chi connectivity index (χ4v) is 3.72. The predicted octanol–water partition coefficient (Wildman–Crippen LogP) is 6.54. The second-order valence-corrected chi connectivity index (χ2v) is 7.77. The van der Waals surface area contributed by atoms with Gasteiger partial charge in [-0.2, -0.15) is 0 Å². The van der Waals surface area contributed by atoms with Gasteiger partial charge in [0.1, 0.15) is 0 Å². The Morgan fingerprint density at radius 1 is 0.692 bits per heavy atom. The van der Waals surface area contributed by atoms with Crippen molar-refractivity contribution in [2.45, 2.75) is 115 Å². The van der Waals surface area contributed by atoms with E-state index in [4.69, 9.17) is 14.6 Å². The molecule has 0 unspecified atom stereocenters. The Morgan fingerprint density at radius 2 is 1.19 bits per heavy atom. The van der Waals surface area contributed by atoms with Crippen LogP contribution in [0.15, 0.2) is 12.2 Å². The van der Waals surface area contributed by atoms with Crippen LogP contribution in [0.25, 0.3) is 0 Å². The van der Waals surface area contributed by atoms with Gasteiger partial charge >= 0.3 is 0 Å². The lowest BCUT2D eigenvalue weighted by atomic mass is 10.0. The molecule has 0 bridgehead atoms. The zero-order chi connectivity index (χ0) is 18.8. The molecule has 1 aliphatic rings. The standard InChI is InChI=1S/C23H44O3/c1-2-3-4-5-6-7-8-9-10-11-12-13-14-15-16-18-23(19-17-20-24)25-21-22-26-23/h9-10,24H,2-8,11-22H2,1H3/b10-9-. The van der Waals surface area contributed by atoms with E-state index >= 15 is 0 Å². The number of aliphatic hydroxyl groups is 1. The lowest BCUT2D eigenvalue weighted by molar-refractivity contribution is -0.169. The Balaban J connectivity index is 1.87. The molecule has 0 aromatic heterocycles. The SMILES string of the molecule is CCCCCCCC/C=C\CCCCCCCC1(CCCO)OCCO1. The van der Waals surface area contributed by atoms with Crippen molar-refractivity contribution in [1.29, 1.82) is 0 Å². The summed E-state index contributed by atoms with van der Waals surface area (Å²) in [5, 5.41) is 9.03. The molecule has 154 valence electrons. The molecule has 0 aliphatic carbocycles. The van der Waals surface area contributed by atoms with Crippen LogP contribution < -0.4 is 0 Å². The first-order valence-corrected chi connectivity index (χ1v) is 11.4. The van der Waals surface area contributed by atoms with Crippen LogP contribution in [0.5, 0.6) is 0 Å². The highest BCUT2D eigenvalue weighted by Gasteiger charge is 2.34. The quantitative estimate of drug-likeness (QED) is 0.220. The van der Waals surface area contributed by atoms with Crippen LogP contribution in [0.2, 0.25) is 0 Å². The summed E-state index contributed by atoms with van der Waals surface area (Å²) in [6, 6.07) is 0. The molecular formula is C23H44O3. The van der Waals surface area contributed by atoms with Crippen LogP contribution in [0, 0.1) is 0 Å². The highest BCUT2D eigenvalue weighted by molar-refractivity contribution is 4.81. The van der Waals surface area contributed by atoms with Crippen molar-refractivity contribution < 1.29 is 14.6 Å². The molecule has 0 atom stereocenters. The highest BCUT2D eigenvalue weighted by Crippen LogP contribution is 2.30. The minimum absolute atomic E-state index is 0.223. The first-order chi connectivity index (χ1) is 12.8. The maximum atomic E-state index is 9.03. The van der Waals surface area contributed by atoms with Crippen LogP contribution in [0.1, 0.15) is 110 Å². The molecule has 0 spiro atoms. The monoisotopic (exact) mass is 368 g/mol. The molecule has 0 aromatic carbocycles. The summed E-state index contributed by atoms with van der Waals surface area (Å²) >= 11 is 0. The van der Waals surface area contributed by atoms with Crippen LogP contribution in [0.4, 0.5) is 0 Å². The number of aliphatic hydroxyl groups excluding tert-OH is 1. The minimum Gasteiger partial charge on any atom is -0.396 e. The minimum atomic E-state index is -0.387. The van der Waals surface area contributed by atoms with Crippen molar-refractivity contribution in [2.75, 3.05) is 19.8 Å². The molecule has 1 rings (SSSR count). The molecule has 0 radical (unpaired) electrons. The van der Waals surface area contributed by atoms with E-state index in [1.807, 2.05) is 0 Å². The number of ether oxygens (including phenoxy) is 2. The van der Waals surface area contributed by atoms with Crippen LogP contribution in [0.3, 0.4) is 0 Å². The maximum absolute atomic E-state index is 9.03. The molecule has 1 saturated heterocycles. The van der Waals surface area contributed by atoms with Gasteiger partial charge in [-0.25, -0.2) is 0 Å². The van der Waals surface area contributed by atoms with Crippen molar-refractivity contribution in [3.63, 3.8) is 0 Å². The summed E-state index contributed by atoms with van der Waals surface area (Å²) in [6.07, 6.45) is 24.6. The molecule has 1 fully saturated rings. The van der Waals surface area contributed by atoms with Crippen molar-refractivity contribution in [1.82, 2.24) is 0 Å². The average molecular weight is 369 g/mol. The second kappa shape index (κ2) is 16.8. The Kier molecular flexibility index (Phi) is 15.3. The van der Waals surface area contributed by atoms with E-state index in [-0.39, 0.29) is 12.4 Å². The summed E-state index contributed by atoms with van der Waals surface area (Å²) in [7, 11) is 0. The topological polar surface area (TPSA) is 38.7 Å². The molecule has 1 heterocycles. The molecule has 26 heavy (non-hydrogen) atoms. The molecule has 3 heteroatoms. The van der Waals surface area contributed by atoms with E-state index in [2.05, 4.69) is 19.1 Å². The van der Waals surface area contributed by atoms with Gasteiger partial charge in [0, 0.05) is 19.4 Å². The van der Waals surface area contributed by atoms with Gasteiger partial charge in [-0.1, -0.05) is 70.4 Å². The highest BCUT2D eigenvalue weighted by atomic mass is 16.7. The molecule has 3 nitrogen and oxygen atoms in total. The number of unbranched alkanes of at least 4 members (excludes halogenated alkanes) is 11. The second-order valence-electron chi connectivity index (χ2n) is 7.77. The normalized spacial score (nSPS) is 16.7. The van der Waals surface area contributed by atoms with Gasteiger partial charge in [-0.15, -0.1) is 0 Å². The molecule has 0 aromatic rings. The number of hydrogen-bond donors (Lipinski definition) is 1. The van der Waals surface area contributed by atoms with Gasteiger partial charge in [-0.05, 0) is 38.5 Å². The van der Waals surface area contributed by atoms with Crippen LogP contribution >= 0.6 is 0 Å². The van der Waals surface area contributed by atoms with E-state index in [0.29, 0.717) is 13.2 Å². The Bertz CT molecular complexity index is 321. The van der Waals surface area contributed by atoms with Crippen molar-refractivity contribution in [3.05, 3.63) is 12.2 Å². The fourth-order valence-electron chi connectivity index (χ4n) is 3.72. The van der Waals surface area contributed by atoms with E-state index in [1.165, 1.54) is 83.5 Å². The maximum Gasteiger partial charge on any atom is 0.168 e.